The summed E-state index contributed by atoms with van der Waals surface area (Å²) < 4.78 is 5.43. The minimum Gasteiger partial charge on any atom is -0.380 e. The molecule has 2 unspecified atom stereocenters. The van der Waals surface area contributed by atoms with Crippen LogP contribution in [0, 0.1) is 11.3 Å². The Morgan fingerprint density at radius 1 is 1.39 bits per heavy atom. The van der Waals surface area contributed by atoms with E-state index in [1.54, 1.807) is 0 Å². The number of nitrogens with zero attached hydrogens (tertiary/aromatic N) is 1. The average molecular weight is 253 g/mol. The minimum absolute atomic E-state index is 0.204. The second-order valence-electron chi connectivity index (χ2n) is 6.14. The molecule has 0 saturated carbocycles. The van der Waals surface area contributed by atoms with E-state index in [1.165, 1.54) is 38.6 Å². The molecule has 0 aromatic carbocycles. The zero-order valence-corrected chi connectivity index (χ0v) is 11.7. The molecule has 18 heavy (non-hydrogen) atoms. The van der Waals surface area contributed by atoms with E-state index >= 15 is 0 Å². The van der Waals surface area contributed by atoms with Gasteiger partial charge in [0, 0.05) is 13.2 Å². The molecule has 2 fully saturated rings. The molecule has 0 aromatic rings. The number of hydrogen-bond acceptors (Lipinski definition) is 3. The Balaban J connectivity index is 1.84. The SMILES string of the molecule is CCCC1CCCN(CC2(C=O)CCOC2)CC1. The summed E-state index contributed by atoms with van der Waals surface area (Å²) in [6.45, 7) is 6.90. The summed E-state index contributed by atoms with van der Waals surface area (Å²) in [5.41, 5.74) is -0.204. The highest BCUT2D eigenvalue weighted by atomic mass is 16.5. The van der Waals surface area contributed by atoms with Gasteiger partial charge in [-0.25, -0.2) is 0 Å². The van der Waals surface area contributed by atoms with Crippen molar-refractivity contribution >= 4 is 6.29 Å². The second kappa shape index (κ2) is 6.67. The van der Waals surface area contributed by atoms with Crippen molar-refractivity contribution in [2.45, 2.75) is 45.4 Å². The number of ether oxygens (including phenoxy) is 1. The first kappa shape index (κ1) is 14.0. The molecule has 2 saturated heterocycles. The third kappa shape index (κ3) is 3.55. The van der Waals surface area contributed by atoms with Crippen molar-refractivity contribution in [3.8, 4) is 0 Å². The van der Waals surface area contributed by atoms with Crippen LogP contribution in [0.4, 0.5) is 0 Å². The molecule has 2 aliphatic rings. The van der Waals surface area contributed by atoms with Gasteiger partial charge in [0.05, 0.1) is 12.0 Å². The Morgan fingerprint density at radius 3 is 2.94 bits per heavy atom. The standard InChI is InChI=1S/C15H27NO2/c1-2-4-14-5-3-8-16(9-6-14)11-15(12-17)7-10-18-13-15/h12,14H,2-11,13H2,1H3. The van der Waals surface area contributed by atoms with Gasteiger partial charge in [-0.05, 0) is 44.7 Å². The Hall–Kier alpha value is -0.410. The number of carbonyl (C=O) groups is 1. The number of aldehydes is 1. The lowest BCUT2D eigenvalue weighted by atomic mass is 9.88. The number of carbonyl (C=O) groups excluding carboxylic acids is 1. The Morgan fingerprint density at radius 2 is 2.28 bits per heavy atom. The highest BCUT2D eigenvalue weighted by Crippen LogP contribution is 2.29. The topological polar surface area (TPSA) is 29.5 Å². The summed E-state index contributed by atoms with van der Waals surface area (Å²) in [5, 5.41) is 0. The van der Waals surface area contributed by atoms with E-state index in [1.807, 2.05) is 0 Å². The molecule has 2 rings (SSSR count). The lowest BCUT2D eigenvalue weighted by Crippen LogP contribution is -2.40. The molecule has 0 radical (unpaired) electrons. The first-order chi connectivity index (χ1) is 8.78. The molecule has 2 atom stereocenters. The van der Waals surface area contributed by atoms with Crippen molar-refractivity contribution in [3.63, 3.8) is 0 Å². The third-order valence-corrected chi connectivity index (χ3v) is 4.56. The van der Waals surface area contributed by atoms with Gasteiger partial charge in [0.1, 0.15) is 6.29 Å². The zero-order valence-electron chi connectivity index (χ0n) is 11.7. The van der Waals surface area contributed by atoms with Crippen LogP contribution in [0.1, 0.15) is 45.4 Å². The fraction of sp³-hybridized carbons (Fsp3) is 0.933. The monoisotopic (exact) mass is 253 g/mol. The largest absolute Gasteiger partial charge is 0.380 e. The summed E-state index contributed by atoms with van der Waals surface area (Å²) in [6.07, 6.45) is 8.70. The molecular formula is C15H27NO2. The molecule has 0 N–H and O–H groups in total. The second-order valence-corrected chi connectivity index (χ2v) is 6.14. The first-order valence-electron chi connectivity index (χ1n) is 7.54. The predicted molar refractivity (Wildman–Crippen MR) is 72.6 cm³/mol. The Labute approximate surface area is 111 Å². The van der Waals surface area contributed by atoms with Crippen LogP contribution < -0.4 is 0 Å². The van der Waals surface area contributed by atoms with Crippen LogP contribution >= 0.6 is 0 Å². The van der Waals surface area contributed by atoms with Crippen LogP contribution in [-0.4, -0.2) is 44.0 Å². The lowest BCUT2D eigenvalue weighted by Gasteiger charge is -2.29. The van der Waals surface area contributed by atoms with Crippen molar-refractivity contribution in [1.29, 1.82) is 0 Å². The summed E-state index contributed by atoms with van der Waals surface area (Å²) in [6, 6.07) is 0. The van der Waals surface area contributed by atoms with Crippen molar-refractivity contribution in [2.75, 3.05) is 32.8 Å². The summed E-state index contributed by atoms with van der Waals surface area (Å²) in [4.78, 5) is 13.8. The summed E-state index contributed by atoms with van der Waals surface area (Å²) in [7, 11) is 0. The highest BCUT2D eigenvalue weighted by Gasteiger charge is 2.36. The minimum atomic E-state index is -0.204. The molecule has 2 heterocycles. The third-order valence-electron chi connectivity index (χ3n) is 4.56. The normalized spacial score (nSPS) is 34.4. The van der Waals surface area contributed by atoms with Gasteiger partial charge in [0.15, 0.2) is 0 Å². The van der Waals surface area contributed by atoms with Crippen molar-refractivity contribution < 1.29 is 9.53 Å². The maximum atomic E-state index is 11.3. The molecule has 104 valence electrons. The molecule has 0 amide bonds. The number of rotatable bonds is 5. The summed E-state index contributed by atoms with van der Waals surface area (Å²) in [5.74, 6) is 0.909. The molecule has 0 aliphatic carbocycles. The zero-order chi connectivity index (χ0) is 12.8. The molecular weight excluding hydrogens is 226 g/mol. The van der Waals surface area contributed by atoms with Gasteiger partial charge in [-0.15, -0.1) is 0 Å². The molecule has 2 aliphatic heterocycles. The average Bonchev–Trinajstić information content (AvgIpc) is 2.74. The van der Waals surface area contributed by atoms with Gasteiger partial charge < -0.3 is 14.4 Å². The van der Waals surface area contributed by atoms with Gasteiger partial charge >= 0.3 is 0 Å². The van der Waals surface area contributed by atoms with Gasteiger partial charge in [-0.3, -0.25) is 0 Å². The van der Waals surface area contributed by atoms with E-state index in [4.69, 9.17) is 4.74 Å². The van der Waals surface area contributed by atoms with Crippen molar-refractivity contribution in [1.82, 2.24) is 4.90 Å². The molecule has 3 nitrogen and oxygen atoms in total. The highest BCUT2D eigenvalue weighted by molar-refractivity contribution is 5.60. The van der Waals surface area contributed by atoms with Crippen LogP contribution in [0.15, 0.2) is 0 Å². The number of hydrogen-bond donors (Lipinski definition) is 0. The predicted octanol–water partition coefficient (Wildman–Crippen LogP) is 2.49. The van der Waals surface area contributed by atoms with Crippen molar-refractivity contribution in [3.05, 3.63) is 0 Å². The van der Waals surface area contributed by atoms with Crippen molar-refractivity contribution in [2.24, 2.45) is 11.3 Å². The maximum Gasteiger partial charge on any atom is 0.129 e. The Bertz CT molecular complexity index is 261. The van der Waals surface area contributed by atoms with Gasteiger partial charge in [-0.2, -0.15) is 0 Å². The van der Waals surface area contributed by atoms with E-state index in [9.17, 15) is 4.79 Å². The smallest absolute Gasteiger partial charge is 0.129 e. The molecule has 3 heteroatoms. The van der Waals surface area contributed by atoms with Gasteiger partial charge in [0.2, 0.25) is 0 Å². The van der Waals surface area contributed by atoms with E-state index < -0.39 is 0 Å². The quantitative estimate of drug-likeness (QED) is 0.705. The molecule has 0 aromatic heterocycles. The van der Waals surface area contributed by atoms with E-state index in [2.05, 4.69) is 11.8 Å². The van der Waals surface area contributed by atoms with E-state index in [0.717, 1.165) is 38.3 Å². The van der Waals surface area contributed by atoms with Crippen LogP contribution in [0.25, 0.3) is 0 Å². The van der Waals surface area contributed by atoms with Crippen LogP contribution in [0.2, 0.25) is 0 Å². The van der Waals surface area contributed by atoms with E-state index in [-0.39, 0.29) is 5.41 Å². The van der Waals surface area contributed by atoms with Gasteiger partial charge in [-0.1, -0.05) is 19.8 Å². The fourth-order valence-corrected chi connectivity index (χ4v) is 3.40. The fourth-order valence-electron chi connectivity index (χ4n) is 3.40. The van der Waals surface area contributed by atoms with Gasteiger partial charge in [0.25, 0.3) is 0 Å². The van der Waals surface area contributed by atoms with Crippen LogP contribution in [0.3, 0.4) is 0 Å². The summed E-state index contributed by atoms with van der Waals surface area (Å²) >= 11 is 0. The first-order valence-corrected chi connectivity index (χ1v) is 7.54. The molecule has 0 spiro atoms. The number of likely N-dealkylation sites (tertiary alicyclic amines) is 1. The maximum absolute atomic E-state index is 11.3. The van der Waals surface area contributed by atoms with Crippen LogP contribution in [0.5, 0.6) is 0 Å². The Kier molecular flexibility index (Phi) is 5.19. The lowest BCUT2D eigenvalue weighted by molar-refractivity contribution is -0.117. The molecule has 0 bridgehead atoms. The van der Waals surface area contributed by atoms with Crippen LogP contribution in [-0.2, 0) is 9.53 Å². The van der Waals surface area contributed by atoms with E-state index in [0.29, 0.717) is 6.61 Å².